The number of carbonyl (C=O) groups is 3. The van der Waals surface area contributed by atoms with Gasteiger partial charge in [0.05, 0.1) is 11.4 Å². The molecule has 3 atom stereocenters. The first-order chi connectivity index (χ1) is 15.1. The third-order valence-electron chi connectivity index (χ3n) is 4.89. The van der Waals surface area contributed by atoms with Crippen LogP contribution < -0.4 is 21.3 Å². The molecule has 0 saturated carbocycles. The zero-order valence-corrected chi connectivity index (χ0v) is 21.0. The summed E-state index contributed by atoms with van der Waals surface area (Å²) in [6.07, 6.45) is 0. The topological polar surface area (TPSA) is 154 Å². The zero-order valence-electron chi connectivity index (χ0n) is 19.3. The number of urea groups is 1. The van der Waals surface area contributed by atoms with Gasteiger partial charge in [-0.3, -0.25) is 10.1 Å². The summed E-state index contributed by atoms with van der Waals surface area (Å²) in [6.45, 7) is 9.29. The van der Waals surface area contributed by atoms with Crippen LogP contribution in [0.2, 0.25) is 0 Å². The Bertz CT molecular complexity index is 976. The Morgan fingerprint density at radius 1 is 1.15 bits per heavy atom. The molecule has 0 aromatic heterocycles. The monoisotopic (exact) mass is 500 g/mol. The predicted octanol–water partition coefficient (Wildman–Crippen LogP) is 1.14. The van der Waals surface area contributed by atoms with Crippen molar-refractivity contribution in [2.24, 2.45) is 5.41 Å². The summed E-state index contributed by atoms with van der Waals surface area (Å²) in [4.78, 5) is 36.6. The first-order valence-electron chi connectivity index (χ1n) is 10.4. The summed E-state index contributed by atoms with van der Waals surface area (Å²) in [5.74, 6) is -1.99. The molecule has 1 aromatic carbocycles. The van der Waals surface area contributed by atoms with Gasteiger partial charge in [-0.05, 0) is 31.4 Å². The number of carbonyl (C=O) groups excluding carboxylic acids is 2. The standard InChI is InChI=1S/C21H32N4O6S2/c1-20(2,3)12-23-18(29)22-11-14(17(27)28)24-16(26)15-21(4,5)32-19(25-15)33(30,31)13-9-7-6-8-10-13/h6-10,14-15,19,25H,11-12H2,1-5H3,(H,24,26)(H,27,28)(H2,22,23,29). The molecule has 12 heteroatoms. The van der Waals surface area contributed by atoms with Crippen molar-refractivity contribution < 1.29 is 27.9 Å². The Kier molecular flexibility index (Phi) is 8.41. The number of amides is 3. The number of hydrogen-bond donors (Lipinski definition) is 5. The third kappa shape index (κ3) is 7.34. The lowest BCUT2D eigenvalue weighted by atomic mass is 9.97. The second-order valence-electron chi connectivity index (χ2n) is 9.53. The molecule has 0 aliphatic carbocycles. The van der Waals surface area contributed by atoms with Crippen molar-refractivity contribution in [3.8, 4) is 0 Å². The van der Waals surface area contributed by atoms with E-state index in [0.717, 1.165) is 11.8 Å². The summed E-state index contributed by atoms with van der Waals surface area (Å²) >= 11 is 1.08. The zero-order chi connectivity index (χ0) is 25.0. The summed E-state index contributed by atoms with van der Waals surface area (Å²) in [5.41, 5.74) is -0.147. The van der Waals surface area contributed by atoms with Gasteiger partial charge in [-0.2, -0.15) is 0 Å². The van der Waals surface area contributed by atoms with Crippen LogP contribution in [0.4, 0.5) is 4.79 Å². The van der Waals surface area contributed by atoms with E-state index in [0.29, 0.717) is 6.54 Å². The van der Waals surface area contributed by atoms with Crippen LogP contribution in [0.5, 0.6) is 0 Å². The summed E-state index contributed by atoms with van der Waals surface area (Å²) in [5, 5.41) is 19.8. The Morgan fingerprint density at radius 2 is 1.76 bits per heavy atom. The normalized spacial score (nSPS) is 21.1. The molecule has 10 nitrogen and oxygen atoms in total. The van der Waals surface area contributed by atoms with E-state index in [9.17, 15) is 27.9 Å². The van der Waals surface area contributed by atoms with Crippen LogP contribution in [0.25, 0.3) is 0 Å². The highest BCUT2D eigenvalue weighted by Crippen LogP contribution is 2.41. The molecule has 5 N–H and O–H groups in total. The smallest absolute Gasteiger partial charge is 0.328 e. The highest BCUT2D eigenvalue weighted by atomic mass is 32.3. The van der Waals surface area contributed by atoms with Crippen molar-refractivity contribution in [3.05, 3.63) is 30.3 Å². The minimum atomic E-state index is -3.77. The van der Waals surface area contributed by atoms with Gasteiger partial charge in [0.1, 0.15) is 12.1 Å². The van der Waals surface area contributed by atoms with Gasteiger partial charge >= 0.3 is 12.0 Å². The maximum absolute atomic E-state index is 13.0. The van der Waals surface area contributed by atoms with Crippen molar-refractivity contribution in [1.82, 2.24) is 21.3 Å². The Morgan fingerprint density at radius 3 is 2.30 bits per heavy atom. The second-order valence-corrected chi connectivity index (χ2v) is 13.6. The molecule has 3 unspecified atom stereocenters. The lowest BCUT2D eigenvalue weighted by Crippen LogP contribution is -2.57. The average molecular weight is 501 g/mol. The number of carboxylic acid groups (broad SMARTS) is 1. The van der Waals surface area contributed by atoms with Gasteiger partial charge in [0.15, 0.2) is 4.71 Å². The van der Waals surface area contributed by atoms with Crippen molar-refractivity contribution in [2.45, 2.75) is 61.1 Å². The minimum absolute atomic E-state index is 0.126. The number of carboxylic acids is 1. The highest BCUT2D eigenvalue weighted by Gasteiger charge is 2.50. The van der Waals surface area contributed by atoms with Crippen LogP contribution in [-0.2, 0) is 19.4 Å². The van der Waals surface area contributed by atoms with Crippen LogP contribution in [0, 0.1) is 5.41 Å². The van der Waals surface area contributed by atoms with E-state index in [-0.39, 0.29) is 16.9 Å². The first kappa shape index (κ1) is 26.9. The lowest BCUT2D eigenvalue weighted by molar-refractivity contribution is -0.142. The number of sulfone groups is 1. The third-order valence-corrected chi connectivity index (χ3v) is 8.76. The fourth-order valence-corrected chi connectivity index (χ4v) is 6.80. The molecule has 1 fully saturated rings. The van der Waals surface area contributed by atoms with Gasteiger partial charge in [0.2, 0.25) is 15.7 Å². The number of benzene rings is 1. The van der Waals surface area contributed by atoms with Gasteiger partial charge in [0, 0.05) is 11.3 Å². The molecule has 1 aliphatic heterocycles. The van der Waals surface area contributed by atoms with E-state index in [1.807, 2.05) is 20.8 Å². The number of nitrogens with one attached hydrogen (secondary N) is 4. The van der Waals surface area contributed by atoms with Gasteiger partial charge in [-0.25, -0.2) is 18.0 Å². The molecule has 1 heterocycles. The molecule has 1 saturated heterocycles. The minimum Gasteiger partial charge on any atom is -0.480 e. The molecule has 2 rings (SSSR count). The van der Waals surface area contributed by atoms with Crippen molar-refractivity contribution in [3.63, 3.8) is 0 Å². The van der Waals surface area contributed by atoms with Crippen LogP contribution in [-0.4, -0.2) is 66.1 Å². The van der Waals surface area contributed by atoms with Crippen LogP contribution in [0.3, 0.4) is 0 Å². The van der Waals surface area contributed by atoms with E-state index < -0.39 is 49.3 Å². The molecule has 1 aliphatic rings. The lowest BCUT2D eigenvalue weighted by Gasteiger charge is -2.26. The van der Waals surface area contributed by atoms with E-state index in [4.69, 9.17) is 0 Å². The predicted molar refractivity (Wildman–Crippen MR) is 126 cm³/mol. The van der Waals surface area contributed by atoms with E-state index in [2.05, 4.69) is 21.3 Å². The van der Waals surface area contributed by atoms with Gasteiger partial charge < -0.3 is 21.1 Å². The molecule has 0 radical (unpaired) electrons. The van der Waals surface area contributed by atoms with Crippen molar-refractivity contribution in [2.75, 3.05) is 13.1 Å². The Balaban J connectivity index is 2.04. The van der Waals surface area contributed by atoms with E-state index in [1.54, 1.807) is 32.0 Å². The van der Waals surface area contributed by atoms with E-state index >= 15 is 0 Å². The molecular weight excluding hydrogens is 468 g/mol. The molecule has 1 aromatic rings. The number of thioether (sulfide) groups is 1. The van der Waals surface area contributed by atoms with Crippen molar-refractivity contribution in [1.29, 1.82) is 0 Å². The molecule has 184 valence electrons. The SMILES string of the molecule is CC(C)(C)CNC(=O)NCC(NC(=O)C1NC(S(=O)(=O)c2ccccc2)SC1(C)C)C(=O)O. The van der Waals surface area contributed by atoms with Gasteiger partial charge in [0.25, 0.3) is 0 Å². The van der Waals surface area contributed by atoms with Crippen molar-refractivity contribution >= 4 is 39.5 Å². The Labute approximate surface area is 198 Å². The second kappa shape index (κ2) is 10.3. The largest absolute Gasteiger partial charge is 0.480 e. The van der Waals surface area contributed by atoms with E-state index in [1.165, 1.54) is 12.1 Å². The number of hydrogen-bond acceptors (Lipinski definition) is 7. The molecule has 33 heavy (non-hydrogen) atoms. The molecule has 0 bridgehead atoms. The molecule has 0 spiro atoms. The van der Waals surface area contributed by atoms with Crippen LogP contribution in [0.15, 0.2) is 35.2 Å². The maximum Gasteiger partial charge on any atom is 0.328 e. The van der Waals surface area contributed by atoms with Gasteiger partial charge in [-0.1, -0.05) is 39.0 Å². The number of rotatable bonds is 8. The summed E-state index contributed by atoms with van der Waals surface area (Å²) in [7, 11) is -3.77. The summed E-state index contributed by atoms with van der Waals surface area (Å²) < 4.78 is 24.0. The summed E-state index contributed by atoms with van der Waals surface area (Å²) in [6, 6.07) is 5.00. The van der Waals surface area contributed by atoms with Crippen LogP contribution >= 0.6 is 11.8 Å². The molecular formula is C21H32N4O6S2. The highest BCUT2D eigenvalue weighted by molar-refractivity contribution is 8.14. The average Bonchev–Trinajstić information content (AvgIpc) is 3.05. The fourth-order valence-electron chi connectivity index (χ4n) is 3.05. The molecule has 3 amide bonds. The quantitative estimate of drug-likeness (QED) is 0.356. The maximum atomic E-state index is 13.0. The first-order valence-corrected chi connectivity index (χ1v) is 12.8. The fraction of sp³-hybridized carbons (Fsp3) is 0.571. The Hall–Kier alpha value is -2.31. The van der Waals surface area contributed by atoms with Gasteiger partial charge in [-0.15, -0.1) is 11.8 Å². The van der Waals surface area contributed by atoms with Crippen LogP contribution in [0.1, 0.15) is 34.6 Å². The number of aliphatic carboxylic acids is 1.